The molecule has 184 valence electrons. The lowest BCUT2D eigenvalue weighted by molar-refractivity contribution is 0.0569. The monoisotopic (exact) mass is 492 g/mol. The zero-order chi connectivity index (χ0) is 24.6. The SMILES string of the molecule is Cc1ccc2cc([C@H](c3nnnn3C(C)(C)C)N(Cc3cccs3)C[C@@H]3CCCO3)c(=O)[nH]c2c1. The first-order valence-corrected chi connectivity index (χ1v) is 13.0. The predicted molar refractivity (Wildman–Crippen MR) is 138 cm³/mol. The topological polar surface area (TPSA) is 88.9 Å². The van der Waals surface area contributed by atoms with E-state index in [0.717, 1.165) is 35.9 Å². The number of thiophene rings is 1. The van der Waals surface area contributed by atoms with Crippen molar-refractivity contribution in [3.63, 3.8) is 0 Å². The van der Waals surface area contributed by atoms with Crippen LogP contribution in [0.25, 0.3) is 10.9 Å². The highest BCUT2D eigenvalue weighted by Crippen LogP contribution is 2.32. The minimum absolute atomic E-state index is 0.110. The second kappa shape index (κ2) is 9.64. The molecule has 0 spiro atoms. The molecule has 1 N–H and O–H groups in total. The van der Waals surface area contributed by atoms with E-state index in [1.54, 1.807) is 11.3 Å². The zero-order valence-electron chi connectivity index (χ0n) is 20.7. The highest BCUT2D eigenvalue weighted by Gasteiger charge is 2.35. The smallest absolute Gasteiger partial charge is 0.253 e. The van der Waals surface area contributed by atoms with Gasteiger partial charge < -0.3 is 9.72 Å². The van der Waals surface area contributed by atoms with Crippen molar-refractivity contribution in [1.29, 1.82) is 0 Å². The van der Waals surface area contributed by atoms with Crippen LogP contribution in [0.2, 0.25) is 0 Å². The van der Waals surface area contributed by atoms with E-state index in [9.17, 15) is 4.79 Å². The van der Waals surface area contributed by atoms with Crippen molar-refractivity contribution in [2.24, 2.45) is 0 Å². The van der Waals surface area contributed by atoms with E-state index in [4.69, 9.17) is 4.74 Å². The van der Waals surface area contributed by atoms with Gasteiger partial charge in [-0.2, -0.15) is 0 Å². The maximum absolute atomic E-state index is 13.6. The van der Waals surface area contributed by atoms with E-state index >= 15 is 0 Å². The first-order chi connectivity index (χ1) is 16.8. The highest BCUT2D eigenvalue weighted by atomic mass is 32.1. The van der Waals surface area contributed by atoms with Gasteiger partial charge in [0.15, 0.2) is 5.82 Å². The fourth-order valence-corrected chi connectivity index (χ4v) is 5.52. The van der Waals surface area contributed by atoms with Crippen molar-refractivity contribution >= 4 is 22.2 Å². The maximum Gasteiger partial charge on any atom is 0.253 e. The minimum atomic E-state index is -0.440. The molecule has 1 saturated heterocycles. The van der Waals surface area contributed by atoms with Crippen LogP contribution in [0.5, 0.6) is 0 Å². The van der Waals surface area contributed by atoms with E-state index in [1.807, 2.05) is 23.7 Å². The Morgan fingerprint density at radius 2 is 2.14 bits per heavy atom. The van der Waals surface area contributed by atoms with Crippen LogP contribution in [0.3, 0.4) is 0 Å². The van der Waals surface area contributed by atoms with Crippen LogP contribution in [0.1, 0.15) is 61.5 Å². The fourth-order valence-electron chi connectivity index (χ4n) is 4.79. The molecule has 4 aromatic rings. The number of hydrogen-bond acceptors (Lipinski definition) is 7. The van der Waals surface area contributed by atoms with Gasteiger partial charge in [-0.1, -0.05) is 18.2 Å². The highest BCUT2D eigenvalue weighted by molar-refractivity contribution is 7.09. The average Bonchev–Trinajstić information content (AvgIpc) is 3.57. The number of aromatic nitrogens is 5. The number of nitrogens with one attached hydrogen (secondary N) is 1. The summed E-state index contributed by atoms with van der Waals surface area (Å²) in [6.45, 7) is 10.4. The van der Waals surface area contributed by atoms with Gasteiger partial charge in [-0.25, -0.2) is 4.68 Å². The van der Waals surface area contributed by atoms with Gasteiger partial charge in [0.2, 0.25) is 0 Å². The van der Waals surface area contributed by atoms with E-state index in [1.165, 1.54) is 4.88 Å². The Bertz CT molecular complexity index is 1350. The number of benzene rings is 1. The minimum Gasteiger partial charge on any atom is -0.377 e. The van der Waals surface area contributed by atoms with Crippen LogP contribution in [0.4, 0.5) is 0 Å². The lowest BCUT2D eigenvalue weighted by atomic mass is 10.0. The van der Waals surface area contributed by atoms with Crippen LogP contribution in [0, 0.1) is 6.92 Å². The second-order valence-corrected chi connectivity index (χ2v) is 11.3. The zero-order valence-corrected chi connectivity index (χ0v) is 21.5. The van der Waals surface area contributed by atoms with E-state index in [-0.39, 0.29) is 17.2 Å². The number of hydrogen-bond donors (Lipinski definition) is 1. The summed E-state index contributed by atoms with van der Waals surface area (Å²) in [7, 11) is 0. The van der Waals surface area contributed by atoms with Crippen LogP contribution in [-0.4, -0.2) is 49.3 Å². The molecular weight excluding hydrogens is 460 g/mol. The summed E-state index contributed by atoms with van der Waals surface area (Å²) in [4.78, 5) is 20.2. The fraction of sp³-hybridized carbons (Fsp3) is 0.462. The van der Waals surface area contributed by atoms with E-state index < -0.39 is 6.04 Å². The molecule has 0 amide bonds. The van der Waals surface area contributed by atoms with Gasteiger partial charge in [0.05, 0.1) is 11.6 Å². The first-order valence-electron chi connectivity index (χ1n) is 12.1. The molecule has 8 nitrogen and oxygen atoms in total. The van der Waals surface area contributed by atoms with Gasteiger partial charge in [-0.3, -0.25) is 9.69 Å². The number of rotatable bonds is 7. The molecule has 0 unspecified atom stereocenters. The van der Waals surface area contributed by atoms with Crippen LogP contribution in [0.15, 0.2) is 46.6 Å². The van der Waals surface area contributed by atoms with Crippen molar-refractivity contribution in [2.75, 3.05) is 13.2 Å². The van der Waals surface area contributed by atoms with Crippen LogP contribution < -0.4 is 5.56 Å². The first kappa shape index (κ1) is 23.8. The Kier molecular flexibility index (Phi) is 6.57. The van der Waals surface area contributed by atoms with Crippen molar-refractivity contribution in [3.05, 3.63) is 74.0 Å². The second-order valence-electron chi connectivity index (χ2n) is 10.3. The molecule has 1 aromatic carbocycles. The Morgan fingerprint density at radius 1 is 1.29 bits per heavy atom. The van der Waals surface area contributed by atoms with E-state index in [2.05, 4.69) is 75.8 Å². The number of aryl methyl sites for hydroxylation is 1. The molecule has 5 rings (SSSR count). The molecule has 9 heteroatoms. The molecule has 4 heterocycles. The predicted octanol–water partition coefficient (Wildman–Crippen LogP) is 4.41. The number of H-pyrrole nitrogens is 1. The van der Waals surface area contributed by atoms with Gasteiger partial charge in [-0.05, 0) is 85.5 Å². The third kappa shape index (κ3) is 5.07. The van der Waals surface area contributed by atoms with Gasteiger partial charge >= 0.3 is 0 Å². The third-order valence-corrected chi connectivity index (χ3v) is 7.33. The largest absolute Gasteiger partial charge is 0.377 e. The Hall–Kier alpha value is -2.88. The molecule has 3 aromatic heterocycles. The standard InChI is InChI=1S/C26H32N6O2S/c1-17-9-10-18-14-21(25(33)27-22(18)13-17)23(24-28-29-30-32(24)26(2,3)4)31(15-19-7-5-11-34-19)16-20-8-6-12-35-20/h6,8-10,12-14,19,23H,5,7,11,15-16H2,1-4H3,(H,27,33)/t19-,23+/m0/s1. The molecule has 1 aliphatic rings. The normalized spacial score (nSPS) is 17.5. The third-order valence-electron chi connectivity index (χ3n) is 6.46. The van der Waals surface area contributed by atoms with Crippen LogP contribution in [-0.2, 0) is 16.8 Å². The molecule has 0 bridgehead atoms. The lowest BCUT2D eigenvalue weighted by Crippen LogP contribution is -2.40. The molecule has 35 heavy (non-hydrogen) atoms. The number of tetrazole rings is 1. The average molecular weight is 493 g/mol. The number of pyridine rings is 1. The molecule has 1 fully saturated rings. The summed E-state index contributed by atoms with van der Waals surface area (Å²) in [6, 6.07) is 11.9. The maximum atomic E-state index is 13.6. The summed E-state index contributed by atoms with van der Waals surface area (Å²) in [6.07, 6.45) is 2.17. The van der Waals surface area contributed by atoms with Gasteiger partial charge in [0.25, 0.3) is 5.56 Å². The number of fused-ring (bicyclic) bond motifs is 1. The Balaban J connectivity index is 1.69. The number of ether oxygens (including phenoxy) is 1. The quantitative estimate of drug-likeness (QED) is 0.411. The molecule has 2 atom stereocenters. The summed E-state index contributed by atoms with van der Waals surface area (Å²) >= 11 is 1.71. The Labute approximate surface area is 208 Å². The molecule has 0 saturated carbocycles. The van der Waals surface area contributed by atoms with Crippen molar-refractivity contribution < 1.29 is 4.74 Å². The summed E-state index contributed by atoms with van der Waals surface area (Å²) in [5.41, 5.74) is 2.09. The summed E-state index contributed by atoms with van der Waals surface area (Å²) in [5.74, 6) is 0.656. The summed E-state index contributed by atoms with van der Waals surface area (Å²) in [5, 5.41) is 15.9. The molecule has 0 aliphatic carbocycles. The van der Waals surface area contributed by atoms with Crippen molar-refractivity contribution in [1.82, 2.24) is 30.1 Å². The van der Waals surface area contributed by atoms with Crippen molar-refractivity contribution in [2.45, 2.75) is 64.8 Å². The lowest BCUT2D eigenvalue weighted by Gasteiger charge is -2.34. The van der Waals surface area contributed by atoms with Crippen molar-refractivity contribution in [3.8, 4) is 0 Å². The number of nitrogens with zero attached hydrogens (tertiary/aromatic N) is 5. The van der Waals surface area contributed by atoms with Gasteiger partial charge in [-0.15, -0.1) is 16.4 Å². The Morgan fingerprint density at radius 3 is 2.86 bits per heavy atom. The molecular formula is C26H32N6O2S. The molecule has 1 aliphatic heterocycles. The van der Waals surface area contributed by atoms with Crippen LogP contribution >= 0.6 is 11.3 Å². The van der Waals surface area contributed by atoms with Gasteiger partial charge in [0, 0.05) is 35.7 Å². The number of aromatic amines is 1. The summed E-state index contributed by atoms with van der Waals surface area (Å²) < 4.78 is 7.88. The van der Waals surface area contributed by atoms with E-state index in [0.29, 0.717) is 24.5 Å². The van der Waals surface area contributed by atoms with Gasteiger partial charge in [0.1, 0.15) is 6.04 Å². The molecule has 0 radical (unpaired) electrons.